The monoisotopic (exact) mass is 414 g/mol. The molecule has 0 bridgehead atoms. The highest BCUT2D eigenvalue weighted by Gasteiger charge is 2.34. The lowest BCUT2D eigenvalue weighted by atomic mass is 9.89. The fourth-order valence-corrected chi connectivity index (χ4v) is 5.55. The summed E-state index contributed by atoms with van der Waals surface area (Å²) in [5.41, 5.74) is 1.00. The van der Waals surface area contributed by atoms with E-state index in [1.54, 1.807) is 12.1 Å². The summed E-state index contributed by atoms with van der Waals surface area (Å²) in [6.45, 7) is 5.12. The number of nitrogens with zero attached hydrogens (tertiary/aromatic N) is 1. The Morgan fingerprint density at radius 2 is 1.72 bits per heavy atom. The molecule has 0 aliphatic carbocycles. The highest BCUT2D eigenvalue weighted by molar-refractivity contribution is 7.89. The highest BCUT2D eigenvalue weighted by atomic mass is 32.2. The molecular weight excluding hydrogens is 388 g/mol. The third kappa shape index (κ3) is 4.02. The molecule has 1 saturated heterocycles. The number of rotatable bonds is 4. The van der Waals surface area contributed by atoms with Crippen molar-refractivity contribution in [1.82, 2.24) is 9.62 Å². The number of nitrogens with one attached hydrogen (secondary N) is 1. The van der Waals surface area contributed by atoms with Crippen molar-refractivity contribution in [2.45, 2.75) is 49.6 Å². The van der Waals surface area contributed by atoms with Crippen LogP contribution in [0.3, 0.4) is 0 Å². The van der Waals surface area contributed by atoms with Crippen LogP contribution in [0.4, 0.5) is 0 Å². The Morgan fingerprint density at radius 1 is 1.07 bits per heavy atom. The minimum Gasteiger partial charge on any atom is -0.487 e. The summed E-state index contributed by atoms with van der Waals surface area (Å²) in [4.78, 5) is 13.1. The number of ether oxygens (including phenoxy) is 1. The quantitative estimate of drug-likeness (QED) is 0.831. The Kier molecular flexibility index (Phi) is 5.12. The van der Waals surface area contributed by atoms with Crippen LogP contribution in [0.25, 0.3) is 0 Å². The Balaban J connectivity index is 1.52. The van der Waals surface area contributed by atoms with Crippen LogP contribution in [0, 0.1) is 0 Å². The van der Waals surface area contributed by atoms with E-state index in [0.717, 1.165) is 24.2 Å². The Morgan fingerprint density at radius 3 is 2.41 bits per heavy atom. The molecule has 7 heteroatoms. The standard InChI is InChI=1S/C22H26N2O4S/c1-22(2)15-19(18-7-3-4-8-20(18)28-22)23-21(25)16-9-11-17(12-10-16)29(26,27)24-13-5-6-14-24/h3-4,7-12,19H,5-6,13-15H2,1-2H3,(H,23,25). The Hall–Kier alpha value is -2.38. The van der Waals surface area contributed by atoms with Crippen molar-refractivity contribution in [3.8, 4) is 5.75 Å². The number of fused-ring (bicyclic) bond motifs is 1. The molecule has 2 aromatic rings. The molecular formula is C22H26N2O4S. The third-order valence-electron chi connectivity index (χ3n) is 5.50. The molecule has 0 radical (unpaired) electrons. The molecule has 0 saturated carbocycles. The first-order chi connectivity index (χ1) is 13.8. The fourth-order valence-electron chi connectivity index (χ4n) is 4.03. The van der Waals surface area contributed by atoms with E-state index >= 15 is 0 Å². The molecule has 0 spiro atoms. The molecule has 6 nitrogen and oxygen atoms in total. The van der Waals surface area contributed by atoms with E-state index in [1.165, 1.54) is 16.4 Å². The maximum atomic E-state index is 12.8. The maximum Gasteiger partial charge on any atom is 0.251 e. The van der Waals surface area contributed by atoms with Crippen LogP contribution in [0.2, 0.25) is 0 Å². The molecule has 2 heterocycles. The number of hydrogen-bond donors (Lipinski definition) is 1. The average Bonchev–Trinajstić information content (AvgIpc) is 3.23. The minimum absolute atomic E-state index is 0.171. The Bertz CT molecular complexity index is 1010. The first-order valence-corrected chi connectivity index (χ1v) is 11.4. The zero-order valence-electron chi connectivity index (χ0n) is 16.7. The van der Waals surface area contributed by atoms with Gasteiger partial charge in [0.15, 0.2) is 0 Å². The second-order valence-corrected chi connectivity index (χ2v) is 10.2. The van der Waals surface area contributed by atoms with Crippen LogP contribution in [-0.4, -0.2) is 37.3 Å². The van der Waals surface area contributed by atoms with Crippen LogP contribution in [0.1, 0.15) is 55.1 Å². The largest absolute Gasteiger partial charge is 0.487 e. The van der Waals surface area contributed by atoms with Gasteiger partial charge >= 0.3 is 0 Å². The van der Waals surface area contributed by atoms with Gasteiger partial charge in [-0.15, -0.1) is 0 Å². The first-order valence-electron chi connectivity index (χ1n) is 9.95. The average molecular weight is 415 g/mol. The fraction of sp³-hybridized carbons (Fsp3) is 0.409. The Labute approximate surface area is 171 Å². The molecule has 2 aromatic carbocycles. The summed E-state index contributed by atoms with van der Waals surface area (Å²) in [6, 6.07) is 13.7. The summed E-state index contributed by atoms with van der Waals surface area (Å²) < 4.78 is 32.8. The van der Waals surface area contributed by atoms with Gasteiger partial charge < -0.3 is 10.1 Å². The zero-order valence-corrected chi connectivity index (χ0v) is 17.5. The van der Waals surface area contributed by atoms with Gasteiger partial charge in [-0.1, -0.05) is 18.2 Å². The van der Waals surface area contributed by atoms with Crippen molar-refractivity contribution in [1.29, 1.82) is 0 Å². The molecule has 1 fully saturated rings. The van der Waals surface area contributed by atoms with Crippen LogP contribution >= 0.6 is 0 Å². The summed E-state index contributed by atoms with van der Waals surface area (Å²) >= 11 is 0. The lowest BCUT2D eigenvalue weighted by Crippen LogP contribution is -2.41. The van der Waals surface area contributed by atoms with Gasteiger partial charge in [0.25, 0.3) is 5.91 Å². The molecule has 1 atom stereocenters. The van der Waals surface area contributed by atoms with E-state index in [-0.39, 0.29) is 22.4 Å². The highest BCUT2D eigenvalue weighted by Crippen LogP contribution is 2.39. The van der Waals surface area contributed by atoms with Crippen LogP contribution in [0.5, 0.6) is 5.75 Å². The first kappa shape index (κ1) is 19.9. The maximum absolute atomic E-state index is 12.8. The van der Waals surface area contributed by atoms with Crippen molar-refractivity contribution < 1.29 is 17.9 Å². The molecule has 2 aliphatic rings. The summed E-state index contributed by atoms with van der Waals surface area (Å²) in [5.74, 6) is 0.550. The number of sulfonamides is 1. The number of carbonyl (C=O) groups is 1. The molecule has 1 unspecified atom stereocenters. The smallest absolute Gasteiger partial charge is 0.251 e. The van der Waals surface area contributed by atoms with Gasteiger partial charge in [-0.3, -0.25) is 4.79 Å². The van der Waals surface area contributed by atoms with E-state index in [4.69, 9.17) is 4.74 Å². The van der Waals surface area contributed by atoms with E-state index in [9.17, 15) is 13.2 Å². The van der Waals surface area contributed by atoms with Gasteiger partial charge in [0.2, 0.25) is 10.0 Å². The molecule has 2 aliphatic heterocycles. The van der Waals surface area contributed by atoms with Gasteiger partial charge in [-0.2, -0.15) is 4.31 Å². The van der Waals surface area contributed by atoms with Crippen molar-refractivity contribution in [3.05, 3.63) is 59.7 Å². The molecule has 29 heavy (non-hydrogen) atoms. The van der Waals surface area contributed by atoms with Crippen molar-refractivity contribution in [2.24, 2.45) is 0 Å². The summed E-state index contributed by atoms with van der Waals surface area (Å²) in [5, 5.41) is 3.08. The number of hydrogen-bond acceptors (Lipinski definition) is 4. The molecule has 0 aromatic heterocycles. The predicted octanol–water partition coefficient (Wildman–Crippen LogP) is 3.50. The minimum atomic E-state index is -3.48. The SMILES string of the molecule is CC1(C)CC(NC(=O)c2ccc(S(=O)(=O)N3CCCC3)cc2)c2ccccc2O1. The van der Waals surface area contributed by atoms with Gasteiger partial charge in [-0.05, 0) is 57.0 Å². The van der Waals surface area contributed by atoms with Gasteiger partial charge in [0.05, 0.1) is 10.9 Å². The van der Waals surface area contributed by atoms with E-state index in [2.05, 4.69) is 5.32 Å². The number of amides is 1. The van der Waals surface area contributed by atoms with Crippen molar-refractivity contribution in [2.75, 3.05) is 13.1 Å². The van der Waals surface area contributed by atoms with E-state index in [0.29, 0.717) is 25.1 Å². The molecule has 4 rings (SSSR count). The number of para-hydroxylation sites is 1. The second kappa shape index (κ2) is 7.46. The van der Waals surface area contributed by atoms with Gasteiger partial charge in [0, 0.05) is 30.6 Å². The summed E-state index contributed by atoms with van der Waals surface area (Å²) in [6.07, 6.45) is 2.43. The summed E-state index contributed by atoms with van der Waals surface area (Å²) in [7, 11) is -3.48. The van der Waals surface area contributed by atoms with Crippen LogP contribution in [0.15, 0.2) is 53.4 Å². The molecule has 1 amide bonds. The number of carbonyl (C=O) groups excluding carboxylic acids is 1. The number of benzene rings is 2. The normalized spacial score (nSPS) is 21.2. The van der Waals surface area contributed by atoms with E-state index < -0.39 is 10.0 Å². The zero-order chi connectivity index (χ0) is 20.6. The predicted molar refractivity (Wildman–Crippen MR) is 110 cm³/mol. The topological polar surface area (TPSA) is 75.7 Å². The van der Waals surface area contributed by atoms with Gasteiger partial charge in [-0.25, -0.2) is 8.42 Å². The van der Waals surface area contributed by atoms with Gasteiger partial charge in [0.1, 0.15) is 11.4 Å². The third-order valence-corrected chi connectivity index (χ3v) is 7.41. The molecule has 154 valence electrons. The van der Waals surface area contributed by atoms with Crippen LogP contribution < -0.4 is 10.1 Å². The lowest BCUT2D eigenvalue weighted by Gasteiger charge is -2.37. The van der Waals surface area contributed by atoms with E-state index in [1.807, 2.05) is 38.1 Å². The second-order valence-electron chi connectivity index (χ2n) is 8.27. The van der Waals surface area contributed by atoms with Crippen LogP contribution in [-0.2, 0) is 10.0 Å². The van der Waals surface area contributed by atoms with Crippen molar-refractivity contribution in [3.63, 3.8) is 0 Å². The van der Waals surface area contributed by atoms with Crippen molar-refractivity contribution >= 4 is 15.9 Å². The lowest BCUT2D eigenvalue weighted by molar-refractivity contribution is 0.0619. The molecule has 1 N–H and O–H groups in total.